The van der Waals surface area contributed by atoms with Crippen molar-refractivity contribution in [2.24, 2.45) is 17.6 Å². The predicted octanol–water partition coefficient (Wildman–Crippen LogP) is 2.66. The molecule has 1 heterocycles. The summed E-state index contributed by atoms with van der Waals surface area (Å²) in [6, 6.07) is 4.12. The van der Waals surface area contributed by atoms with E-state index in [2.05, 4.69) is 21.3 Å². The van der Waals surface area contributed by atoms with Crippen molar-refractivity contribution < 1.29 is 38.3 Å². The number of unbranched alkanes of at least 4 members (excludes halogenated alkanes) is 2. The van der Waals surface area contributed by atoms with Gasteiger partial charge in [-0.25, -0.2) is 4.79 Å². The first-order chi connectivity index (χ1) is 22.7. The molecule has 0 saturated heterocycles. The van der Waals surface area contributed by atoms with E-state index in [1.165, 1.54) is 11.0 Å². The maximum absolute atomic E-state index is 13.4. The summed E-state index contributed by atoms with van der Waals surface area (Å²) in [4.78, 5) is 87.7. The molecule has 0 fully saturated rings. The van der Waals surface area contributed by atoms with E-state index >= 15 is 0 Å². The Morgan fingerprint density at radius 1 is 0.896 bits per heavy atom. The minimum atomic E-state index is -0.990. The summed E-state index contributed by atoms with van der Waals surface area (Å²) >= 11 is 0. The van der Waals surface area contributed by atoms with Crippen LogP contribution in [0.15, 0.2) is 35.9 Å². The van der Waals surface area contributed by atoms with Crippen molar-refractivity contribution in [1.82, 2.24) is 20.9 Å². The van der Waals surface area contributed by atoms with Crippen LogP contribution < -0.4 is 27.0 Å². The molecule has 0 radical (unpaired) electrons. The zero-order valence-electron chi connectivity index (χ0n) is 28.6. The number of nitrogens with zero attached hydrogens (tertiary/aromatic N) is 1. The van der Waals surface area contributed by atoms with Gasteiger partial charge in [0, 0.05) is 36.8 Å². The topological polar surface area (TPSA) is 206 Å². The smallest absolute Gasteiger partial charge is 0.312 e. The summed E-state index contributed by atoms with van der Waals surface area (Å²) in [7, 11) is 0. The Morgan fingerprint density at radius 3 is 2.17 bits per heavy atom. The van der Waals surface area contributed by atoms with Crippen LogP contribution >= 0.6 is 0 Å². The molecule has 264 valence electrons. The molecule has 1 unspecified atom stereocenters. The number of carbonyl (C=O) groups excluding carboxylic acids is 7. The first-order valence-corrected chi connectivity index (χ1v) is 16.5. The molecule has 2 atom stereocenters. The normalized spacial score (nSPS) is 14.0. The number of primary amides is 1. The molecule has 48 heavy (non-hydrogen) atoms. The number of imide groups is 1. The largest absolute Gasteiger partial charge is 0.461 e. The fourth-order valence-corrected chi connectivity index (χ4v) is 4.82. The van der Waals surface area contributed by atoms with Crippen molar-refractivity contribution in [2.75, 3.05) is 18.4 Å². The van der Waals surface area contributed by atoms with Crippen LogP contribution in [0.2, 0.25) is 0 Å². The van der Waals surface area contributed by atoms with Crippen molar-refractivity contribution in [1.29, 1.82) is 0 Å². The van der Waals surface area contributed by atoms with Gasteiger partial charge < -0.3 is 31.7 Å². The Bertz CT molecular complexity index is 1340. The first-order valence-electron chi connectivity index (χ1n) is 16.5. The summed E-state index contributed by atoms with van der Waals surface area (Å²) in [6.07, 6.45) is 4.19. The number of amides is 7. The van der Waals surface area contributed by atoms with Crippen molar-refractivity contribution >= 4 is 47.2 Å². The molecule has 2 rings (SSSR count). The van der Waals surface area contributed by atoms with E-state index < -0.39 is 29.9 Å². The number of carbonyl (C=O) groups is 7. The molecule has 7 amide bonds. The van der Waals surface area contributed by atoms with Crippen LogP contribution in [0.4, 0.5) is 10.5 Å². The molecule has 1 aromatic rings. The number of hydrogen-bond acceptors (Lipinski definition) is 8. The van der Waals surface area contributed by atoms with Gasteiger partial charge in [-0.2, -0.15) is 0 Å². The van der Waals surface area contributed by atoms with E-state index in [0.717, 1.165) is 5.56 Å². The Balaban J connectivity index is 1.94. The molecule has 0 saturated carbocycles. The number of nitrogens with two attached hydrogens (primary N) is 1. The number of nitrogens with one attached hydrogen (secondary N) is 4. The summed E-state index contributed by atoms with van der Waals surface area (Å²) in [5.41, 5.74) is 6.83. The average molecular weight is 671 g/mol. The van der Waals surface area contributed by atoms with Crippen molar-refractivity contribution in [2.45, 2.75) is 98.3 Å². The summed E-state index contributed by atoms with van der Waals surface area (Å²) in [5, 5.41) is 10.8. The molecule has 1 aromatic carbocycles. The van der Waals surface area contributed by atoms with E-state index in [9.17, 15) is 33.6 Å². The standard InChI is InChI=1S/C34H50N6O8/c1-6-24-19-28(42)40(32(24)45)18-9-7-8-12-27(41)39-29(21(2)3)31(44)38-26(11-10-17-36-34(35)47)30(43)37-25-15-13-23(14-16-25)20-48-33(46)22(4)5/h13-16,19,21-22,26,29H,6-12,17-18,20H2,1-5H3,(H,37,43)(H,38,44)(H,39,41)(H3,35,36,47)/t26-,29?/m0/s1. The molecule has 14 nitrogen and oxygen atoms in total. The molecule has 0 aromatic heterocycles. The highest BCUT2D eigenvalue weighted by Gasteiger charge is 2.30. The van der Waals surface area contributed by atoms with Crippen molar-refractivity contribution in [3.63, 3.8) is 0 Å². The van der Waals surface area contributed by atoms with Crippen LogP contribution in [0.1, 0.15) is 85.1 Å². The third kappa shape index (κ3) is 13.2. The van der Waals surface area contributed by atoms with Gasteiger partial charge in [-0.1, -0.05) is 53.2 Å². The average Bonchev–Trinajstić information content (AvgIpc) is 3.31. The van der Waals surface area contributed by atoms with E-state index in [1.807, 2.05) is 6.92 Å². The van der Waals surface area contributed by atoms with Gasteiger partial charge in [0.2, 0.25) is 17.7 Å². The number of anilines is 1. The SMILES string of the molecule is CCC1=CC(=O)N(CCCCCC(=O)NC(C(=O)N[C@@H](CCCNC(N)=O)C(=O)Nc2ccc(COC(=O)C(C)C)cc2)C(C)C)C1=O. The highest BCUT2D eigenvalue weighted by Crippen LogP contribution is 2.17. The second kappa shape index (κ2) is 19.8. The van der Waals surface area contributed by atoms with Crippen LogP contribution in [-0.4, -0.2) is 71.6 Å². The number of hydrogen-bond donors (Lipinski definition) is 5. The lowest BCUT2D eigenvalue weighted by Gasteiger charge is -2.25. The van der Waals surface area contributed by atoms with E-state index in [1.54, 1.807) is 52.0 Å². The Kier molecular flexibility index (Phi) is 16.3. The lowest BCUT2D eigenvalue weighted by atomic mass is 10.0. The molecule has 1 aliphatic rings. The quantitative estimate of drug-likeness (QED) is 0.0790. The number of esters is 1. The van der Waals surface area contributed by atoms with Gasteiger partial charge in [-0.3, -0.25) is 33.7 Å². The molecule has 1 aliphatic heterocycles. The van der Waals surface area contributed by atoms with Gasteiger partial charge >= 0.3 is 12.0 Å². The summed E-state index contributed by atoms with van der Waals surface area (Å²) in [5.74, 6) is -2.79. The molecule has 0 aliphatic carbocycles. The maximum Gasteiger partial charge on any atom is 0.312 e. The molecule has 6 N–H and O–H groups in total. The lowest BCUT2D eigenvalue weighted by Crippen LogP contribution is -2.54. The highest BCUT2D eigenvalue weighted by atomic mass is 16.5. The lowest BCUT2D eigenvalue weighted by molar-refractivity contribution is -0.148. The van der Waals surface area contributed by atoms with Crippen LogP contribution in [0.5, 0.6) is 0 Å². The molecular weight excluding hydrogens is 620 g/mol. The van der Waals surface area contributed by atoms with Crippen LogP contribution in [0.3, 0.4) is 0 Å². The molecule has 0 spiro atoms. The van der Waals surface area contributed by atoms with Gasteiger partial charge in [-0.05, 0) is 55.7 Å². The molecular formula is C34H50N6O8. The summed E-state index contributed by atoms with van der Waals surface area (Å²) < 4.78 is 5.23. The second-order valence-corrected chi connectivity index (χ2v) is 12.4. The van der Waals surface area contributed by atoms with Crippen LogP contribution in [0.25, 0.3) is 0 Å². The van der Waals surface area contributed by atoms with Gasteiger partial charge in [0.05, 0.1) is 5.92 Å². The van der Waals surface area contributed by atoms with E-state index in [4.69, 9.17) is 10.5 Å². The third-order valence-corrected chi connectivity index (χ3v) is 7.69. The van der Waals surface area contributed by atoms with Gasteiger partial charge in [-0.15, -0.1) is 0 Å². The van der Waals surface area contributed by atoms with Gasteiger partial charge in [0.15, 0.2) is 0 Å². The Hall–Kier alpha value is -4.75. The van der Waals surface area contributed by atoms with Crippen LogP contribution in [0, 0.1) is 11.8 Å². The number of urea groups is 1. The minimum absolute atomic E-state index is 0.0945. The number of rotatable bonds is 20. The molecule has 0 bridgehead atoms. The highest BCUT2D eigenvalue weighted by molar-refractivity contribution is 6.16. The fourth-order valence-electron chi connectivity index (χ4n) is 4.82. The Labute approximate surface area is 281 Å². The minimum Gasteiger partial charge on any atom is -0.461 e. The van der Waals surface area contributed by atoms with E-state index in [0.29, 0.717) is 43.4 Å². The van der Waals surface area contributed by atoms with Crippen molar-refractivity contribution in [3.8, 4) is 0 Å². The fraction of sp³-hybridized carbons (Fsp3) is 0.559. The predicted molar refractivity (Wildman–Crippen MR) is 179 cm³/mol. The first kappa shape index (κ1) is 39.4. The maximum atomic E-state index is 13.4. The number of benzene rings is 1. The van der Waals surface area contributed by atoms with Crippen LogP contribution in [-0.2, 0) is 40.1 Å². The third-order valence-electron chi connectivity index (χ3n) is 7.69. The monoisotopic (exact) mass is 670 g/mol. The van der Waals surface area contributed by atoms with E-state index in [-0.39, 0.29) is 68.1 Å². The zero-order valence-corrected chi connectivity index (χ0v) is 28.6. The number of ether oxygens (including phenoxy) is 1. The second-order valence-electron chi connectivity index (χ2n) is 12.4. The summed E-state index contributed by atoms with van der Waals surface area (Å²) in [6.45, 7) is 9.43. The van der Waals surface area contributed by atoms with Gasteiger partial charge in [0.25, 0.3) is 11.8 Å². The van der Waals surface area contributed by atoms with Gasteiger partial charge in [0.1, 0.15) is 18.7 Å². The van der Waals surface area contributed by atoms with Crippen molar-refractivity contribution in [3.05, 3.63) is 41.5 Å². The molecule has 14 heteroatoms. The Morgan fingerprint density at radius 2 is 1.58 bits per heavy atom. The zero-order chi connectivity index (χ0) is 35.8.